The molecule has 110 valence electrons. The molecule has 1 aromatic rings. The standard InChI is InChI=1S/C14H18Cl2N2O2/c1-8-10(6-11(15)12(16)17-8)13(19)18-9-4-5-20-14(2,3)7-9/h6,9H,4-5,7H2,1-3H3,(H,18,19)/t9-/m0/s1. The van der Waals surface area contributed by atoms with E-state index < -0.39 is 0 Å². The summed E-state index contributed by atoms with van der Waals surface area (Å²) in [4.78, 5) is 16.4. The van der Waals surface area contributed by atoms with Crippen LogP contribution in [0, 0.1) is 6.92 Å². The Morgan fingerprint density at radius 3 is 2.85 bits per heavy atom. The molecular weight excluding hydrogens is 299 g/mol. The molecule has 0 bridgehead atoms. The van der Waals surface area contributed by atoms with E-state index in [-0.39, 0.29) is 27.7 Å². The van der Waals surface area contributed by atoms with E-state index in [0.29, 0.717) is 17.9 Å². The molecule has 1 amide bonds. The number of amides is 1. The van der Waals surface area contributed by atoms with Crippen LogP contribution in [-0.2, 0) is 4.74 Å². The van der Waals surface area contributed by atoms with Crippen molar-refractivity contribution < 1.29 is 9.53 Å². The number of carbonyl (C=O) groups is 1. The fourth-order valence-corrected chi connectivity index (χ4v) is 2.73. The molecule has 0 aromatic carbocycles. The summed E-state index contributed by atoms with van der Waals surface area (Å²) in [6.07, 6.45) is 1.59. The van der Waals surface area contributed by atoms with Gasteiger partial charge in [-0.1, -0.05) is 23.2 Å². The van der Waals surface area contributed by atoms with E-state index >= 15 is 0 Å². The molecule has 1 atom stereocenters. The monoisotopic (exact) mass is 316 g/mol. The van der Waals surface area contributed by atoms with Gasteiger partial charge in [0.05, 0.1) is 21.9 Å². The van der Waals surface area contributed by atoms with Crippen LogP contribution in [0.5, 0.6) is 0 Å². The van der Waals surface area contributed by atoms with Crippen molar-refractivity contribution in [1.82, 2.24) is 10.3 Å². The molecule has 0 saturated carbocycles. The van der Waals surface area contributed by atoms with Gasteiger partial charge in [0.2, 0.25) is 0 Å². The number of halogens is 2. The number of nitrogens with zero attached hydrogens (tertiary/aromatic N) is 1. The molecule has 1 aliphatic rings. The molecule has 6 heteroatoms. The van der Waals surface area contributed by atoms with Crippen LogP contribution >= 0.6 is 23.2 Å². The third-order valence-corrected chi connectivity index (χ3v) is 4.07. The first kappa shape index (κ1) is 15.5. The zero-order valence-corrected chi connectivity index (χ0v) is 13.3. The van der Waals surface area contributed by atoms with Crippen LogP contribution in [0.1, 0.15) is 42.7 Å². The Labute approximate surface area is 128 Å². The van der Waals surface area contributed by atoms with Crippen molar-refractivity contribution in [2.45, 2.75) is 45.3 Å². The van der Waals surface area contributed by atoms with Gasteiger partial charge < -0.3 is 10.1 Å². The van der Waals surface area contributed by atoms with Gasteiger partial charge in [-0.15, -0.1) is 0 Å². The topological polar surface area (TPSA) is 51.2 Å². The summed E-state index contributed by atoms with van der Waals surface area (Å²) in [7, 11) is 0. The minimum absolute atomic E-state index is 0.0973. The maximum absolute atomic E-state index is 12.3. The van der Waals surface area contributed by atoms with Crippen LogP contribution in [-0.4, -0.2) is 29.1 Å². The molecular formula is C14H18Cl2N2O2. The summed E-state index contributed by atoms with van der Waals surface area (Å²) in [6, 6.07) is 1.66. The van der Waals surface area contributed by atoms with E-state index in [2.05, 4.69) is 10.3 Å². The van der Waals surface area contributed by atoms with Gasteiger partial charge >= 0.3 is 0 Å². The van der Waals surface area contributed by atoms with Gasteiger partial charge in [0.25, 0.3) is 5.91 Å². The number of carbonyl (C=O) groups excluding carboxylic acids is 1. The quantitative estimate of drug-likeness (QED) is 0.851. The van der Waals surface area contributed by atoms with Crippen molar-refractivity contribution in [3.63, 3.8) is 0 Å². The summed E-state index contributed by atoms with van der Waals surface area (Å²) in [5.74, 6) is -0.170. The molecule has 1 N–H and O–H groups in total. The number of aromatic nitrogens is 1. The van der Waals surface area contributed by atoms with Crippen LogP contribution < -0.4 is 5.32 Å². The number of pyridine rings is 1. The zero-order valence-electron chi connectivity index (χ0n) is 11.8. The fourth-order valence-electron chi connectivity index (χ4n) is 2.40. The second-order valence-corrected chi connectivity index (χ2v) is 6.43. The van der Waals surface area contributed by atoms with Crippen molar-refractivity contribution in [2.75, 3.05) is 6.61 Å². The first-order valence-electron chi connectivity index (χ1n) is 6.56. The highest BCUT2D eigenvalue weighted by molar-refractivity contribution is 6.41. The SMILES string of the molecule is Cc1nc(Cl)c(Cl)cc1C(=O)N[C@H]1CCOC(C)(C)C1. The van der Waals surface area contributed by atoms with Crippen molar-refractivity contribution >= 4 is 29.1 Å². The van der Waals surface area contributed by atoms with Gasteiger partial charge in [-0.3, -0.25) is 4.79 Å². The number of ether oxygens (including phenoxy) is 1. The van der Waals surface area contributed by atoms with Crippen molar-refractivity contribution in [3.05, 3.63) is 27.5 Å². The summed E-state index contributed by atoms with van der Waals surface area (Å²) < 4.78 is 5.64. The van der Waals surface area contributed by atoms with Gasteiger partial charge in [0, 0.05) is 12.6 Å². The second kappa shape index (κ2) is 5.88. The molecule has 20 heavy (non-hydrogen) atoms. The molecule has 0 radical (unpaired) electrons. The summed E-state index contributed by atoms with van der Waals surface area (Å²) in [5.41, 5.74) is 0.827. The van der Waals surface area contributed by atoms with Gasteiger partial charge in [-0.25, -0.2) is 4.98 Å². The van der Waals surface area contributed by atoms with Crippen LogP contribution in [0.2, 0.25) is 10.2 Å². The molecule has 2 heterocycles. The van der Waals surface area contributed by atoms with E-state index in [1.54, 1.807) is 13.0 Å². The molecule has 0 aliphatic carbocycles. The van der Waals surface area contributed by atoms with Gasteiger partial charge in [-0.05, 0) is 39.7 Å². The average Bonchev–Trinajstić information content (AvgIpc) is 2.32. The largest absolute Gasteiger partial charge is 0.375 e. The third-order valence-electron chi connectivity index (χ3n) is 3.40. The fraction of sp³-hybridized carbons (Fsp3) is 0.571. The molecule has 0 unspecified atom stereocenters. The van der Waals surface area contributed by atoms with E-state index in [9.17, 15) is 4.79 Å². The highest BCUT2D eigenvalue weighted by Crippen LogP contribution is 2.25. The predicted octanol–water partition coefficient (Wildman–Crippen LogP) is 3.38. The maximum Gasteiger partial charge on any atom is 0.253 e. The zero-order chi connectivity index (χ0) is 14.9. The van der Waals surface area contributed by atoms with E-state index in [4.69, 9.17) is 27.9 Å². The minimum Gasteiger partial charge on any atom is -0.375 e. The van der Waals surface area contributed by atoms with Gasteiger partial charge in [0.1, 0.15) is 5.15 Å². The lowest BCUT2D eigenvalue weighted by molar-refractivity contribution is -0.0615. The lowest BCUT2D eigenvalue weighted by atomic mass is 9.93. The normalized spacial score (nSPS) is 21.6. The molecule has 1 fully saturated rings. The molecule has 1 aromatic heterocycles. The third kappa shape index (κ3) is 3.62. The van der Waals surface area contributed by atoms with Crippen molar-refractivity contribution in [3.8, 4) is 0 Å². The lowest BCUT2D eigenvalue weighted by Crippen LogP contribution is -2.46. The first-order chi connectivity index (χ1) is 9.28. The van der Waals surface area contributed by atoms with Crippen molar-refractivity contribution in [2.24, 2.45) is 0 Å². The number of hydrogen-bond donors (Lipinski definition) is 1. The van der Waals surface area contributed by atoms with Crippen LogP contribution in [0.4, 0.5) is 0 Å². The minimum atomic E-state index is -0.207. The molecule has 1 aliphatic heterocycles. The molecule has 1 saturated heterocycles. The second-order valence-electron chi connectivity index (χ2n) is 5.67. The van der Waals surface area contributed by atoms with Gasteiger partial charge in [-0.2, -0.15) is 0 Å². The predicted molar refractivity (Wildman–Crippen MR) is 79.5 cm³/mol. The van der Waals surface area contributed by atoms with E-state index in [1.807, 2.05) is 13.8 Å². The Morgan fingerprint density at radius 2 is 2.20 bits per heavy atom. The Morgan fingerprint density at radius 1 is 1.50 bits per heavy atom. The molecule has 2 rings (SSSR count). The number of aryl methyl sites for hydroxylation is 1. The van der Waals surface area contributed by atoms with E-state index in [1.165, 1.54) is 0 Å². The number of hydrogen-bond acceptors (Lipinski definition) is 3. The number of nitrogens with one attached hydrogen (secondary N) is 1. The smallest absolute Gasteiger partial charge is 0.253 e. The Hall–Kier alpha value is -0.840. The number of rotatable bonds is 2. The van der Waals surface area contributed by atoms with E-state index in [0.717, 1.165) is 12.8 Å². The Balaban J connectivity index is 2.11. The maximum atomic E-state index is 12.3. The Kier molecular flexibility index (Phi) is 4.57. The van der Waals surface area contributed by atoms with Crippen molar-refractivity contribution in [1.29, 1.82) is 0 Å². The summed E-state index contributed by atoms with van der Waals surface area (Å²) >= 11 is 11.8. The summed E-state index contributed by atoms with van der Waals surface area (Å²) in [5, 5.41) is 3.52. The van der Waals surface area contributed by atoms with Gasteiger partial charge in [0.15, 0.2) is 0 Å². The first-order valence-corrected chi connectivity index (χ1v) is 7.31. The highest BCUT2D eigenvalue weighted by atomic mass is 35.5. The molecule has 0 spiro atoms. The summed E-state index contributed by atoms with van der Waals surface area (Å²) in [6.45, 7) is 6.44. The Bertz CT molecular complexity index is 532. The molecule has 4 nitrogen and oxygen atoms in total. The highest BCUT2D eigenvalue weighted by Gasteiger charge is 2.30. The van der Waals surface area contributed by atoms with Crippen LogP contribution in [0.3, 0.4) is 0 Å². The average molecular weight is 317 g/mol. The lowest BCUT2D eigenvalue weighted by Gasteiger charge is -2.35. The van der Waals surface area contributed by atoms with Crippen LogP contribution in [0.25, 0.3) is 0 Å². The van der Waals surface area contributed by atoms with Crippen LogP contribution in [0.15, 0.2) is 6.07 Å².